The van der Waals surface area contributed by atoms with Gasteiger partial charge in [-0.25, -0.2) is 0 Å². The summed E-state index contributed by atoms with van der Waals surface area (Å²) in [6, 6.07) is 1.47. The highest BCUT2D eigenvalue weighted by atomic mass is 15.1. The summed E-state index contributed by atoms with van der Waals surface area (Å²) in [5.74, 6) is 2.03. The van der Waals surface area contributed by atoms with Crippen molar-refractivity contribution < 1.29 is 0 Å². The molecule has 2 nitrogen and oxygen atoms in total. The van der Waals surface area contributed by atoms with Crippen molar-refractivity contribution in [1.82, 2.24) is 10.2 Å². The Morgan fingerprint density at radius 2 is 1.65 bits per heavy atom. The van der Waals surface area contributed by atoms with E-state index in [1.165, 1.54) is 51.7 Å². The summed E-state index contributed by atoms with van der Waals surface area (Å²) < 4.78 is 0. The van der Waals surface area contributed by atoms with Crippen molar-refractivity contribution in [3.05, 3.63) is 0 Å². The zero-order valence-electron chi connectivity index (χ0n) is 14.4. The number of hydrogen-bond donors (Lipinski definition) is 1. The second kappa shape index (κ2) is 6.79. The zero-order valence-corrected chi connectivity index (χ0v) is 14.4. The molecule has 1 aliphatic carbocycles. The van der Waals surface area contributed by atoms with Gasteiger partial charge in [-0.3, -0.25) is 0 Å². The lowest BCUT2D eigenvalue weighted by molar-refractivity contribution is 0.106. The van der Waals surface area contributed by atoms with E-state index in [-0.39, 0.29) is 0 Å². The lowest BCUT2D eigenvalue weighted by Gasteiger charge is -2.41. The maximum atomic E-state index is 3.67. The lowest BCUT2D eigenvalue weighted by atomic mass is 9.73. The fraction of sp³-hybridized carbons (Fsp3) is 1.00. The summed E-state index contributed by atoms with van der Waals surface area (Å²) in [5, 5.41) is 3.67. The Labute approximate surface area is 126 Å². The molecule has 0 radical (unpaired) electrons. The Bertz CT molecular complexity index is 278. The molecule has 20 heavy (non-hydrogen) atoms. The van der Waals surface area contributed by atoms with E-state index >= 15 is 0 Å². The Balaban J connectivity index is 1.59. The Kier molecular flexibility index (Phi) is 5.53. The lowest BCUT2D eigenvalue weighted by Crippen LogP contribution is -2.45. The first-order valence-electron chi connectivity index (χ1n) is 8.80. The van der Waals surface area contributed by atoms with Crippen LogP contribution < -0.4 is 5.32 Å². The van der Waals surface area contributed by atoms with Gasteiger partial charge in [0.1, 0.15) is 0 Å². The van der Waals surface area contributed by atoms with Crippen molar-refractivity contribution in [2.24, 2.45) is 17.3 Å². The zero-order chi connectivity index (χ0) is 14.8. The molecule has 1 aliphatic heterocycles. The first kappa shape index (κ1) is 16.3. The molecule has 0 unspecified atom stereocenters. The summed E-state index contributed by atoms with van der Waals surface area (Å²) in [4.78, 5) is 2.68. The third kappa shape index (κ3) is 5.37. The van der Waals surface area contributed by atoms with Gasteiger partial charge < -0.3 is 10.2 Å². The molecule has 0 spiro atoms. The Morgan fingerprint density at radius 1 is 1.05 bits per heavy atom. The van der Waals surface area contributed by atoms with E-state index in [9.17, 15) is 0 Å². The molecule has 0 amide bonds. The van der Waals surface area contributed by atoms with Crippen LogP contribution in [0.4, 0.5) is 0 Å². The van der Waals surface area contributed by atoms with E-state index in [0.717, 1.165) is 17.9 Å². The molecule has 2 rings (SSSR count). The van der Waals surface area contributed by atoms with Gasteiger partial charge >= 0.3 is 0 Å². The van der Waals surface area contributed by atoms with Crippen LogP contribution in [0.5, 0.6) is 0 Å². The van der Waals surface area contributed by atoms with Crippen LogP contribution in [0.15, 0.2) is 0 Å². The normalized spacial score (nSPS) is 29.7. The number of hydrogen-bond acceptors (Lipinski definition) is 2. The van der Waals surface area contributed by atoms with Crippen molar-refractivity contribution in [2.75, 3.05) is 19.6 Å². The monoisotopic (exact) mass is 280 g/mol. The van der Waals surface area contributed by atoms with E-state index in [1.807, 2.05) is 0 Å². The average molecular weight is 280 g/mol. The molecule has 0 aromatic carbocycles. The quantitative estimate of drug-likeness (QED) is 0.821. The largest absolute Gasteiger partial charge is 0.312 e. The van der Waals surface area contributed by atoms with Gasteiger partial charge in [-0.1, -0.05) is 34.6 Å². The van der Waals surface area contributed by atoms with Gasteiger partial charge in [0, 0.05) is 18.6 Å². The number of likely N-dealkylation sites (tertiary alicyclic amines) is 1. The van der Waals surface area contributed by atoms with Gasteiger partial charge in [-0.15, -0.1) is 0 Å². The molecule has 0 atom stereocenters. The smallest absolute Gasteiger partial charge is 0.00747 e. The van der Waals surface area contributed by atoms with Crippen LogP contribution in [0.1, 0.15) is 66.7 Å². The fourth-order valence-electron chi connectivity index (χ4n) is 4.06. The molecule has 2 fully saturated rings. The molecular weight excluding hydrogens is 244 g/mol. The van der Waals surface area contributed by atoms with Gasteiger partial charge in [0.2, 0.25) is 0 Å². The van der Waals surface area contributed by atoms with Crippen LogP contribution in [0, 0.1) is 17.3 Å². The summed E-state index contributed by atoms with van der Waals surface area (Å²) in [5.41, 5.74) is 0.455. The van der Waals surface area contributed by atoms with Crippen molar-refractivity contribution in [3.63, 3.8) is 0 Å². The highest BCUT2D eigenvalue weighted by Crippen LogP contribution is 2.36. The Hall–Kier alpha value is -0.0800. The van der Waals surface area contributed by atoms with Crippen molar-refractivity contribution in [2.45, 2.75) is 78.8 Å². The summed E-state index contributed by atoms with van der Waals surface area (Å²) in [6.45, 7) is 15.5. The van der Waals surface area contributed by atoms with Crippen molar-refractivity contribution in [3.8, 4) is 0 Å². The minimum atomic E-state index is 0.455. The molecule has 2 heteroatoms. The highest BCUT2D eigenvalue weighted by molar-refractivity contribution is 4.88. The van der Waals surface area contributed by atoms with Crippen LogP contribution in [0.25, 0.3) is 0 Å². The van der Waals surface area contributed by atoms with E-state index in [1.54, 1.807) is 0 Å². The van der Waals surface area contributed by atoms with E-state index in [2.05, 4.69) is 44.8 Å². The number of rotatable bonds is 5. The van der Waals surface area contributed by atoms with Crippen LogP contribution in [0.3, 0.4) is 0 Å². The van der Waals surface area contributed by atoms with Gasteiger partial charge in [0.05, 0.1) is 0 Å². The third-order valence-electron chi connectivity index (χ3n) is 4.88. The molecule has 2 aliphatic rings. The molecule has 1 saturated heterocycles. The first-order valence-corrected chi connectivity index (χ1v) is 8.80. The standard InChI is InChI=1S/C18H36N2/c1-14(2)19-17-11-16(12-17)10-15-6-8-20(9-7-15)13-18(3,4)5/h14-17,19H,6-13H2,1-5H3/t16-,17+. The van der Waals surface area contributed by atoms with Gasteiger partial charge in [-0.2, -0.15) is 0 Å². The van der Waals surface area contributed by atoms with Crippen LogP contribution in [0.2, 0.25) is 0 Å². The molecule has 0 aromatic rings. The molecular formula is C18H36N2. The predicted molar refractivity (Wildman–Crippen MR) is 88.0 cm³/mol. The molecule has 1 heterocycles. The van der Waals surface area contributed by atoms with E-state index in [0.29, 0.717) is 11.5 Å². The first-order chi connectivity index (χ1) is 9.32. The molecule has 0 bridgehead atoms. The SMILES string of the molecule is CC(C)N[C@H]1C[C@@H](CC2CCN(CC(C)(C)C)CC2)C1. The summed E-state index contributed by atoms with van der Waals surface area (Å²) in [6.07, 6.45) is 7.24. The van der Waals surface area contributed by atoms with E-state index < -0.39 is 0 Å². The predicted octanol–water partition coefficient (Wildman–Crippen LogP) is 3.91. The number of piperidine rings is 1. The Morgan fingerprint density at radius 3 is 2.15 bits per heavy atom. The fourth-order valence-corrected chi connectivity index (χ4v) is 4.06. The molecule has 0 aromatic heterocycles. The van der Waals surface area contributed by atoms with Crippen molar-refractivity contribution in [1.29, 1.82) is 0 Å². The van der Waals surface area contributed by atoms with Crippen molar-refractivity contribution >= 4 is 0 Å². The highest BCUT2D eigenvalue weighted by Gasteiger charge is 2.32. The minimum absolute atomic E-state index is 0.455. The summed E-state index contributed by atoms with van der Waals surface area (Å²) in [7, 11) is 0. The van der Waals surface area contributed by atoms with E-state index in [4.69, 9.17) is 0 Å². The molecule has 1 N–H and O–H groups in total. The molecule has 118 valence electrons. The number of nitrogens with one attached hydrogen (secondary N) is 1. The topological polar surface area (TPSA) is 15.3 Å². The second-order valence-corrected chi connectivity index (χ2v) is 8.87. The van der Waals surface area contributed by atoms with Crippen LogP contribution in [-0.4, -0.2) is 36.6 Å². The minimum Gasteiger partial charge on any atom is -0.312 e. The van der Waals surface area contributed by atoms with Crippen LogP contribution in [-0.2, 0) is 0 Å². The summed E-state index contributed by atoms with van der Waals surface area (Å²) >= 11 is 0. The third-order valence-corrected chi connectivity index (χ3v) is 4.88. The average Bonchev–Trinajstić information content (AvgIpc) is 2.26. The van der Waals surface area contributed by atoms with Gasteiger partial charge in [-0.05, 0) is 62.4 Å². The van der Waals surface area contributed by atoms with Gasteiger partial charge in [0.15, 0.2) is 0 Å². The maximum absolute atomic E-state index is 3.67. The number of nitrogens with zero attached hydrogens (tertiary/aromatic N) is 1. The molecule has 1 saturated carbocycles. The van der Waals surface area contributed by atoms with Crippen LogP contribution >= 0.6 is 0 Å². The van der Waals surface area contributed by atoms with Gasteiger partial charge in [0.25, 0.3) is 0 Å². The second-order valence-electron chi connectivity index (χ2n) is 8.87. The maximum Gasteiger partial charge on any atom is 0.00747 e.